The van der Waals surface area contributed by atoms with Gasteiger partial charge in [-0.25, -0.2) is 0 Å². The van der Waals surface area contributed by atoms with Crippen LogP contribution < -0.4 is 29.0 Å². The van der Waals surface area contributed by atoms with Gasteiger partial charge < -0.3 is 29.0 Å². The van der Waals surface area contributed by atoms with Gasteiger partial charge in [-0.05, 0) is 36.8 Å². The zero-order valence-electron chi connectivity index (χ0n) is 16.9. The van der Waals surface area contributed by atoms with Gasteiger partial charge in [-0.2, -0.15) is 5.26 Å². The van der Waals surface area contributed by atoms with E-state index in [0.717, 1.165) is 0 Å². The Kier molecular flexibility index (Phi) is 7.98. The van der Waals surface area contributed by atoms with Crippen LogP contribution in [0.1, 0.15) is 18.5 Å². The molecule has 0 fully saturated rings. The number of benzene rings is 2. The zero-order valence-corrected chi connectivity index (χ0v) is 16.9. The van der Waals surface area contributed by atoms with Crippen molar-refractivity contribution < 1.29 is 28.5 Å². The average molecular weight is 400 g/mol. The number of nitriles is 1. The van der Waals surface area contributed by atoms with Crippen LogP contribution >= 0.6 is 0 Å². The summed E-state index contributed by atoms with van der Waals surface area (Å²) >= 11 is 0. The second kappa shape index (κ2) is 10.7. The van der Waals surface area contributed by atoms with Crippen LogP contribution in [0.15, 0.2) is 36.4 Å². The van der Waals surface area contributed by atoms with Gasteiger partial charge in [0, 0.05) is 0 Å². The summed E-state index contributed by atoms with van der Waals surface area (Å²) in [7, 11) is 4.44. The van der Waals surface area contributed by atoms with Crippen molar-refractivity contribution in [2.45, 2.75) is 13.0 Å². The molecule has 0 aliphatic rings. The molecule has 154 valence electrons. The van der Waals surface area contributed by atoms with Crippen LogP contribution in [0.3, 0.4) is 0 Å². The van der Waals surface area contributed by atoms with Crippen LogP contribution in [0.25, 0.3) is 0 Å². The summed E-state index contributed by atoms with van der Waals surface area (Å²) in [5.74, 6) is 1.71. The number of nitrogens with zero attached hydrogens (tertiary/aromatic N) is 1. The minimum absolute atomic E-state index is 0.271. The maximum Gasteiger partial charge on any atom is 0.259 e. The molecule has 1 atom stereocenters. The van der Waals surface area contributed by atoms with Gasteiger partial charge in [-0.15, -0.1) is 0 Å². The molecule has 0 aliphatic carbocycles. The average Bonchev–Trinajstić information content (AvgIpc) is 2.75. The van der Waals surface area contributed by atoms with Crippen LogP contribution in [0.2, 0.25) is 0 Å². The van der Waals surface area contributed by atoms with Gasteiger partial charge in [0.2, 0.25) is 5.75 Å². The van der Waals surface area contributed by atoms with Crippen molar-refractivity contribution in [1.82, 2.24) is 5.32 Å². The molecule has 0 heterocycles. The van der Waals surface area contributed by atoms with Gasteiger partial charge in [0.05, 0.1) is 34.0 Å². The predicted molar refractivity (Wildman–Crippen MR) is 106 cm³/mol. The summed E-state index contributed by atoms with van der Waals surface area (Å²) in [5.41, 5.74) is 0.491. The number of carbonyl (C=O) groups is 1. The number of ether oxygens (including phenoxy) is 5. The van der Waals surface area contributed by atoms with E-state index in [1.54, 1.807) is 30.3 Å². The third-order valence-electron chi connectivity index (χ3n) is 3.96. The molecule has 0 saturated carbocycles. The van der Waals surface area contributed by atoms with Gasteiger partial charge in [0.1, 0.15) is 6.04 Å². The molecule has 0 spiro atoms. The third kappa shape index (κ3) is 5.45. The van der Waals surface area contributed by atoms with E-state index in [-0.39, 0.29) is 6.61 Å². The molecule has 1 N–H and O–H groups in total. The molecule has 8 nitrogen and oxygen atoms in total. The Morgan fingerprint density at radius 2 is 1.59 bits per heavy atom. The molecule has 0 bridgehead atoms. The normalized spacial score (nSPS) is 11.0. The highest BCUT2D eigenvalue weighted by Gasteiger charge is 2.20. The fourth-order valence-corrected chi connectivity index (χ4v) is 2.65. The van der Waals surface area contributed by atoms with E-state index in [4.69, 9.17) is 23.7 Å². The van der Waals surface area contributed by atoms with Crippen LogP contribution in [-0.4, -0.2) is 40.5 Å². The lowest BCUT2D eigenvalue weighted by molar-refractivity contribution is -0.123. The lowest BCUT2D eigenvalue weighted by Crippen LogP contribution is -2.32. The summed E-state index contributed by atoms with van der Waals surface area (Å²) in [4.78, 5) is 12.3. The number of hydrogen-bond acceptors (Lipinski definition) is 7. The van der Waals surface area contributed by atoms with Crippen molar-refractivity contribution in [1.29, 1.82) is 5.26 Å². The highest BCUT2D eigenvalue weighted by molar-refractivity contribution is 5.78. The van der Waals surface area contributed by atoms with Gasteiger partial charge in [-0.3, -0.25) is 4.79 Å². The van der Waals surface area contributed by atoms with Crippen molar-refractivity contribution in [2.24, 2.45) is 0 Å². The van der Waals surface area contributed by atoms with Crippen molar-refractivity contribution in [2.75, 3.05) is 34.5 Å². The molecule has 1 amide bonds. The van der Waals surface area contributed by atoms with Gasteiger partial charge in [0.25, 0.3) is 5.91 Å². The fourth-order valence-electron chi connectivity index (χ4n) is 2.65. The summed E-state index contributed by atoms with van der Waals surface area (Å²) in [6, 6.07) is 11.4. The van der Waals surface area contributed by atoms with Crippen molar-refractivity contribution in [3.05, 3.63) is 42.0 Å². The van der Waals surface area contributed by atoms with Gasteiger partial charge in [-0.1, -0.05) is 12.1 Å². The third-order valence-corrected chi connectivity index (χ3v) is 3.96. The molecule has 0 radical (unpaired) electrons. The standard InChI is InChI=1S/C21H24N2O6/c1-5-28-16-8-6-7-9-17(16)29-13-20(24)23-15(12-22)14-10-18(25-2)21(27-4)19(11-14)26-3/h6-11,15H,5,13H2,1-4H3,(H,23,24). The number of nitrogens with one attached hydrogen (secondary N) is 1. The zero-order chi connectivity index (χ0) is 21.2. The van der Waals surface area contributed by atoms with E-state index < -0.39 is 11.9 Å². The number of rotatable bonds is 10. The van der Waals surface area contributed by atoms with E-state index in [9.17, 15) is 10.1 Å². The first-order chi connectivity index (χ1) is 14.1. The summed E-state index contributed by atoms with van der Waals surface area (Å²) < 4.78 is 26.9. The van der Waals surface area contributed by atoms with E-state index in [2.05, 4.69) is 11.4 Å². The maximum absolute atomic E-state index is 12.3. The predicted octanol–water partition coefficient (Wildman–Crippen LogP) is 2.87. The first-order valence-corrected chi connectivity index (χ1v) is 8.91. The molecule has 2 aromatic carbocycles. The smallest absolute Gasteiger partial charge is 0.259 e. The van der Waals surface area contributed by atoms with Crippen LogP contribution in [0, 0.1) is 11.3 Å². The molecule has 29 heavy (non-hydrogen) atoms. The Bertz CT molecular complexity index is 853. The molecule has 0 aromatic heterocycles. The Morgan fingerprint density at radius 1 is 1.00 bits per heavy atom. The van der Waals surface area contributed by atoms with Crippen molar-refractivity contribution in [3.63, 3.8) is 0 Å². The van der Waals surface area contributed by atoms with E-state index >= 15 is 0 Å². The van der Waals surface area contributed by atoms with E-state index in [1.165, 1.54) is 21.3 Å². The van der Waals surface area contributed by atoms with Crippen molar-refractivity contribution in [3.8, 4) is 34.8 Å². The summed E-state index contributed by atoms with van der Waals surface area (Å²) in [6.45, 7) is 2.06. The topological polar surface area (TPSA) is 99.0 Å². The quantitative estimate of drug-likeness (QED) is 0.655. The largest absolute Gasteiger partial charge is 0.493 e. The molecule has 2 rings (SSSR count). The van der Waals surface area contributed by atoms with Gasteiger partial charge >= 0.3 is 0 Å². The monoisotopic (exact) mass is 400 g/mol. The summed E-state index contributed by atoms with van der Waals surface area (Å²) in [5, 5.41) is 12.2. The molecular formula is C21H24N2O6. The number of methoxy groups -OCH3 is 3. The molecule has 0 aliphatic heterocycles. The number of hydrogen-bond donors (Lipinski definition) is 1. The fraction of sp³-hybridized carbons (Fsp3) is 0.333. The molecule has 0 saturated heterocycles. The number of para-hydroxylation sites is 2. The Balaban J connectivity index is 2.12. The number of amides is 1. The minimum atomic E-state index is -0.929. The highest BCUT2D eigenvalue weighted by atomic mass is 16.5. The minimum Gasteiger partial charge on any atom is -0.493 e. The SMILES string of the molecule is CCOc1ccccc1OCC(=O)NC(C#N)c1cc(OC)c(OC)c(OC)c1. The van der Waals surface area contributed by atoms with E-state index in [1.807, 2.05) is 13.0 Å². The molecule has 8 heteroatoms. The maximum atomic E-state index is 12.3. The first-order valence-electron chi connectivity index (χ1n) is 8.91. The van der Waals surface area contributed by atoms with Gasteiger partial charge in [0.15, 0.2) is 29.6 Å². The molecule has 2 aromatic rings. The lowest BCUT2D eigenvalue weighted by Gasteiger charge is -2.17. The Hall–Kier alpha value is -3.60. The van der Waals surface area contributed by atoms with E-state index in [0.29, 0.717) is 40.9 Å². The van der Waals surface area contributed by atoms with Crippen molar-refractivity contribution >= 4 is 5.91 Å². The molecule has 1 unspecified atom stereocenters. The van der Waals surface area contributed by atoms with Crippen LogP contribution in [-0.2, 0) is 4.79 Å². The molecular weight excluding hydrogens is 376 g/mol. The second-order valence-electron chi connectivity index (χ2n) is 5.76. The first kappa shape index (κ1) is 21.7. The summed E-state index contributed by atoms with van der Waals surface area (Å²) in [6.07, 6.45) is 0. The number of carbonyl (C=O) groups excluding carboxylic acids is 1. The second-order valence-corrected chi connectivity index (χ2v) is 5.76. The Morgan fingerprint density at radius 3 is 2.07 bits per heavy atom. The van der Waals surface area contributed by atoms with Crippen LogP contribution in [0.5, 0.6) is 28.7 Å². The highest BCUT2D eigenvalue weighted by Crippen LogP contribution is 2.39. The van der Waals surface area contributed by atoms with Crippen LogP contribution in [0.4, 0.5) is 0 Å². The lowest BCUT2D eigenvalue weighted by atomic mass is 10.1. The Labute approximate surface area is 169 Å².